The summed E-state index contributed by atoms with van der Waals surface area (Å²) in [5.74, 6) is 2.25. The fourth-order valence-electron chi connectivity index (χ4n) is 1.96. The lowest BCUT2D eigenvalue weighted by atomic mass is 10.3. The first-order valence-corrected chi connectivity index (χ1v) is 8.02. The van der Waals surface area contributed by atoms with Crippen molar-refractivity contribution in [3.63, 3.8) is 0 Å². The van der Waals surface area contributed by atoms with Crippen LogP contribution in [-0.2, 0) is 4.74 Å². The zero-order valence-corrected chi connectivity index (χ0v) is 14.6. The van der Waals surface area contributed by atoms with Crippen molar-refractivity contribution in [1.29, 1.82) is 0 Å². The van der Waals surface area contributed by atoms with Crippen LogP contribution in [0.1, 0.15) is 20.3 Å². The van der Waals surface area contributed by atoms with Gasteiger partial charge in [-0.05, 0) is 32.4 Å². The number of rotatable bonds is 10. The van der Waals surface area contributed by atoms with Gasteiger partial charge in [0.1, 0.15) is 6.10 Å². The van der Waals surface area contributed by atoms with Gasteiger partial charge in [0.25, 0.3) is 0 Å². The molecule has 130 valence electrons. The standard InChI is InChI=1S/C17H29N3O3/c1-5-18-17(19-11-8-12-21-3)20-13-14(2)23-16-10-7-6-9-15(16)22-4/h6-7,9-10,14H,5,8,11-13H2,1-4H3,(H2,18,19,20). The third-order valence-electron chi connectivity index (χ3n) is 3.07. The van der Waals surface area contributed by atoms with Crippen molar-refractivity contribution in [2.24, 2.45) is 4.99 Å². The number of ether oxygens (including phenoxy) is 3. The number of methoxy groups -OCH3 is 2. The van der Waals surface area contributed by atoms with Crippen molar-refractivity contribution in [3.05, 3.63) is 24.3 Å². The summed E-state index contributed by atoms with van der Waals surface area (Å²) in [6.07, 6.45) is 0.884. The molecule has 0 fully saturated rings. The average molecular weight is 323 g/mol. The minimum atomic E-state index is -0.0549. The summed E-state index contributed by atoms with van der Waals surface area (Å²) in [5.41, 5.74) is 0. The van der Waals surface area contributed by atoms with Gasteiger partial charge in [0.2, 0.25) is 0 Å². The van der Waals surface area contributed by atoms with E-state index in [0.29, 0.717) is 6.54 Å². The van der Waals surface area contributed by atoms with Crippen molar-refractivity contribution in [2.45, 2.75) is 26.4 Å². The third-order valence-corrected chi connectivity index (χ3v) is 3.07. The Morgan fingerprint density at radius 2 is 1.91 bits per heavy atom. The summed E-state index contributed by atoms with van der Waals surface area (Å²) in [7, 11) is 3.34. The van der Waals surface area contributed by atoms with Gasteiger partial charge in [-0.3, -0.25) is 0 Å². The highest BCUT2D eigenvalue weighted by Crippen LogP contribution is 2.26. The summed E-state index contributed by atoms with van der Waals surface area (Å²) in [6.45, 7) is 6.96. The van der Waals surface area contributed by atoms with Crippen LogP contribution in [0.15, 0.2) is 29.3 Å². The molecule has 1 atom stereocenters. The maximum absolute atomic E-state index is 5.90. The Labute approximate surface area is 139 Å². The Bertz CT molecular complexity index is 466. The number of benzene rings is 1. The molecule has 0 aliphatic carbocycles. The Hall–Kier alpha value is -1.95. The molecule has 0 aliphatic rings. The molecule has 1 aromatic rings. The van der Waals surface area contributed by atoms with Crippen LogP contribution < -0.4 is 20.1 Å². The Kier molecular flexibility index (Phi) is 9.63. The van der Waals surface area contributed by atoms with E-state index in [1.54, 1.807) is 14.2 Å². The van der Waals surface area contributed by atoms with E-state index in [2.05, 4.69) is 15.6 Å². The minimum absolute atomic E-state index is 0.0549. The predicted octanol–water partition coefficient (Wildman–Crippen LogP) is 2.05. The quantitative estimate of drug-likeness (QED) is 0.392. The maximum atomic E-state index is 5.90. The Morgan fingerprint density at radius 1 is 1.17 bits per heavy atom. The SMILES string of the molecule is CCNC(=NCC(C)Oc1ccccc1OC)NCCCOC. The van der Waals surface area contributed by atoms with Crippen LogP contribution in [0.3, 0.4) is 0 Å². The van der Waals surface area contributed by atoms with E-state index in [-0.39, 0.29) is 6.10 Å². The van der Waals surface area contributed by atoms with Crippen molar-refractivity contribution in [2.75, 3.05) is 40.5 Å². The lowest BCUT2D eigenvalue weighted by molar-refractivity contribution is 0.195. The zero-order chi connectivity index (χ0) is 16.9. The zero-order valence-electron chi connectivity index (χ0n) is 14.6. The van der Waals surface area contributed by atoms with Crippen LogP contribution >= 0.6 is 0 Å². The maximum Gasteiger partial charge on any atom is 0.191 e. The Balaban J connectivity index is 2.50. The van der Waals surface area contributed by atoms with Gasteiger partial charge >= 0.3 is 0 Å². The second-order valence-electron chi connectivity index (χ2n) is 5.07. The molecule has 0 radical (unpaired) electrons. The summed E-state index contributed by atoms with van der Waals surface area (Å²) >= 11 is 0. The minimum Gasteiger partial charge on any atom is -0.493 e. The van der Waals surface area contributed by atoms with Crippen molar-refractivity contribution >= 4 is 5.96 Å². The van der Waals surface area contributed by atoms with Crippen molar-refractivity contribution in [3.8, 4) is 11.5 Å². The normalized spacial score (nSPS) is 12.6. The number of nitrogens with zero attached hydrogens (tertiary/aromatic N) is 1. The average Bonchev–Trinajstić information content (AvgIpc) is 2.57. The summed E-state index contributed by atoms with van der Waals surface area (Å²) in [5, 5.41) is 6.50. The number of para-hydroxylation sites is 2. The number of guanidine groups is 1. The van der Waals surface area contributed by atoms with Gasteiger partial charge < -0.3 is 24.8 Å². The van der Waals surface area contributed by atoms with Gasteiger partial charge in [0.05, 0.1) is 13.7 Å². The fraction of sp³-hybridized carbons (Fsp3) is 0.588. The second-order valence-corrected chi connectivity index (χ2v) is 5.07. The highest BCUT2D eigenvalue weighted by molar-refractivity contribution is 5.79. The molecule has 0 amide bonds. The van der Waals surface area contributed by atoms with Crippen molar-refractivity contribution < 1.29 is 14.2 Å². The van der Waals surface area contributed by atoms with E-state index < -0.39 is 0 Å². The molecular weight excluding hydrogens is 294 g/mol. The lowest BCUT2D eigenvalue weighted by Crippen LogP contribution is -2.38. The van der Waals surface area contributed by atoms with Crippen LogP contribution in [0, 0.1) is 0 Å². The summed E-state index contributed by atoms with van der Waals surface area (Å²) < 4.78 is 16.2. The number of nitrogens with one attached hydrogen (secondary N) is 2. The van der Waals surface area contributed by atoms with Crippen LogP contribution in [0.5, 0.6) is 11.5 Å². The monoisotopic (exact) mass is 323 g/mol. The van der Waals surface area contributed by atoms with E-state index in [1.807, 2.05) is 38.1 Å². The van der Waals surface area contributed by atoms with Crippen LogP contribution in [0.25, 0.3) is 0 Å². The first kappa shape index (κ1) is 19.1. The number of hydrogen-bond donors (Lipinski definition) is 2. The molecule has 1 aromatic carbocycles. The molecule has 0 aliphatic heterocycles. The molecule has 2 N–H and O–H groups in total. The van der Waals surface area contributed by atoms with E-state index in [0.717, 1.165) is 43.6 Å². The number of aliphatic imine (C=N–C) groups is 1. The number of hydrogen-bond acceptors (Lipinski definition) is 4. The van der Waals surface area contributed by atoms with Crippen LogP contribution in [0.2, 0.25) is 0 Å². The predicted molar refractivity (Wildman–Crippen MR) is 93.6 cm³/mol. The molecule has 0 saturated heterocycles. The molecule has 6 heteroatoms. The second kappa shape index (κ2) is 11.6. The summed E-state index contributed by atoms with van der Waals surface area (Å²) in [6, 6.07) is 7.62. The fourth-order valence-corrected chi connectivity index (χ4v) is 1.96. The van der Waals surface area contributed by atoms with Gasteiger partial charge in [-0.1, -0.05) is 12.1 Å². The molecule has 1 unspecified atom stereocenters. The van der Waals surface area contributed by atoms with Gasteiger partial charge in [-0.25, -0.2) is 4.99 Å². The molecule has 23 heavy (non-hydrogen) atoms. The first-order valence-electron chi connectivity index (χ1n) is 8.02. The van der Waals surface area contributed by atoms with Gasteiger partial charge in [0.15, 0.2) is 17.5 Å². The van der Waals surface area contributed by atoms with Crippen LogP contribution in [-0.4, -0.2) is 52.5 Å². The first-order chi connectivity index (χ1) is 11.2. The van der Waals surface area contributed by atoms with Gasteiger partial charge in [0, 0.05) is 26.8 Å². The van der Waals surface area contributed by atoms with Gasteiger partial charge in [-0.2, -0.15) is 0 Å². The molecule has 0 aromatic heterocycles. The van der Waals surface area contributed by atoms with Crippen LogP contribution in [0.4, 0.5) is 0 Å². The topological polar surface area (TPSA) is 64.1 Å². The molecule has 0 bridgehead atoms. The smallest absolute Gasteiger partial charge is 0.191 e. The molecule has 1 rings (SSSR count). The lowest BCUT2D eigenvalue weighted by Gasteiger charge is -2.16. The summed E-state index contributed by atoms with van der Waals surface area (Å²) in [4.78, 5) is 4.55. The highest BCUT2D eigenvalue weighted by Gasteiger charge is 2.08. The molecule has 0 saturated carbocycles. The molecule has 0 spiro atoms. The third kappa shape index (κ3) is 7.74. The Morgan fingerprint density at radius 3 is 2.57 bits per heavy atom. The van der Waals surface area contributed by atoms with E-state index in [9.17, 15) is 0 Å². The largest absolute Gasteiger partial charge is 0.493 e. The van der Waals surface area contributed by atoms with E-state index in [4.69, 9.17) is 14.2 Å². The van der Waals surface area contributed by atoms with Gasteiger partial charge in [-0.15, -0.1) is 0 Å². The van der Waals surface area contributed by atoms with E-state index in [1.165, 1.54) is 0 Å². The highest BCUT2D eigenvalue weighted by atomic mass is 16.5. The molecular formula is C17H29N3O3. The molecule has 0 heterocycles. The molecule has 6 nitrogen and oxygen atoms in total. The van der Waals surface area contributed by atoms with E-state index >= 15 is 0 Å². The van der Waals surface area contributed by atoms with Crippen molar-refractivity contribution in [1.82, 2.24) is 10.6 Å².